The lowest BCUT2D eigenvalue weighted by Gasteiger charge is -2.27. The summed E-state index contributed by atoms with van der Waals surface area (Å²) in [6, 6.07) is 15.7. The number of ether oxygens (including phenoxy) is 1. The third kappa shape index (κ3) is 2.32. The Kier molecular flexibility index (Phi) is 3.52. The Morgan fingerprint density at radius 1 is 1.23 bits per heavy atom. The zero-order valence-electron chi connectivity index (χ0n) is 13.4. The van der Waals surface area contributed by atoms with Crippen molar-refractivity contribution in [2.75, 3.05) is 0 Å². The molecule has 0 bridgehead atoms. The molecule has 1 aromatic heterocycles. The van der Waals surface area contributed by atoms with Crippen LogP contribution < -0.4 is 10.5 Å². The highest BCUT2D eigenvalue weighted by Gasteiger charge is 2.32. The number of rotatable bonds is 2. The molecule has 7 heteroatoms. The average molecular weight is 344 g/mol. The molecule has 0 spiro atoms. The number of pyridine rings is 1. The number of nitrogens with two attached hydrogens (primary N) is 1. The second kappa shape index (κ2) is 5.86. The molecule has 1 atom stereocenters. The smallest absolute Gasteiger partial charge is 0.269 e. The number of benzene rings is 2. The van der Waals surface area contributed by atoms with E-state index >= 15 is 0 Å². The summed E-state index contributed by atoms with van der Waals surface area (Å²) in [5, 5.41) is 21.6. The molecule has 0 radical (unpaired) electrons. The highest BCUT2D eigenvalue weighted by atomic mass is 16.6. The number of non-ortho nitro benzene ring substituents is 1. The zero-order valence-corrected chi connectivity index (χ0v) is 13.4. The van der Waals surface area contributed by atoms with Gasteiger partial charge in [0.25, 0.3) is 5.69 Å². The van der Waals surface area contributed by atoms with Gasteiger partial charge in [-0.15, -0.1) is 0 Å². The summed E-state index contributed by atoms with van der Waals surface area (Å²) in [6.07, 6.45) is 1.65. The van der Waals surface area contributed by atoms with Gasteiger partial charge in [0.2, 0.25) is 5.88 Å². The van der Waals surface area contributed by atoms with Crippen molar-refractivity contribution in [3.63, 3.8) is 0 Å². The van der Waals surface area contributed by atoms with Gasteiger partial charge in [-0.1, -0.05) is 30.3 Å². The van der Waals surface area contributed by atoms with Crippen molar-refractivity contribution in [2.45, 2.75) is 5.92 Å². The van der Waals surface area contributed by atoms with Gasteiger partial charge in [0.15, 0.2) is 5.75 Å². The van der Waals surface area contributed by atoms with Crippen LogP contribution in [-0.4, -0.2) is 9.91 Å². The van der Waals surface area contributed by atoms with Gasteiger partial charge in [-0.2, -0.15) is 5.26 Å². The molecule has 0 amide bonds. The molecule has 7 nitrogen and oxygen atoms in total. The van der Waals surface area contributed by atoms with Gasteiger partial charge in [-0.3, -0.25) is 15.1 Å². The van der Waals surface area contributed by atoms with Crippen LogP contribution in [0.5, 0.6) is 5.75 Å². The van der Waals surface area contributed by atoms with Crippen LogP contribution in [0.4, 0.5) is 5.69 Å². The normalized spacial score (nSPS) is 15.9. The fourth-order valence-electron chi connectivity index (χ4n) is 3.21. The van der Waals surface area contributed by atoms with E-state index in [1.165, 1.54) is 12.1 Å². The Bertz CT molecular complexity index is 1130. The molecule has 2 heterocycles. The molecule has 0 unspecified atom stereocenters. The lowest BCUT2D eigenvalue weighted by atomic mass is 9.83. The number of allylic oxidation sites excluding steroid dienone is 1. The topological polar surface area (TPSA) is 115 Å². The largest absolute Gasteiger partial charge is 0.438 e. The fraction of sp³-hybridized carbons (Fsp3) is 0.0526. The predicted octanol–water partition coefficient (Wildman–Crippen LogP) is 3.36. The summed E-state index contributed by atoms with van der Waals surface area (Å²) in [5.74, 6) is -0.110. The lowest BCUT2D eigenvalue weighted by molar-refractivity contribution is -0.384. The van der Waals surface area contributed by atoms with Crippen LogP contribution in [0.15, 0.2) is 66.2 Å². The van der Waals surface area contributed by atoms with Gasteiger partial charge >= 0.3 is 0 Å². The average Bonchev–Trinajstić information content (AvgIpc) is 2.67. The van der Waals surface area contributed by atoms with Gasteiger partial charge in [-0.05, 0) is 11.6 Å². The molecule has 4 rings (SSSR count). The molecule has 2 N–H and O–H groups in total. The van der Waals surface area contributed by atoms with E-state index in [9.17, 15) is 15.4 Å². The minimum absolute atomic E-state index is 0.0188. The minimum atomic E-state index is -0.560. The minimum Gasteiger partial charge on any atom is -0.438 e. The van der Waals surface area contributed by atoms with Crippen LogP contribution in [0.2, 0.25) is 0 Å². The second-order valence-corrected chi connectivity index (χ2v) is 5.84. The molecule has 1 aliphatic rings. The summed E-state index contributed by atoms with van der Waals surface area (Å²) in [6.45, 7) is 0. The Morgan fingerprint density at radius 3 is 2.85 bits per heavy atom. The Hall–Kier alpha value is -3.92. The van der Waals surface area contributed by atoms with Gasteiger partial charge in [0, 0.05) is 29.3 Å². The van der Waals surface area contributed by atoms with Crippen LogP contribution in [0.1, 0.15) is 17.0 Å². The van der Waals surface area contributed by atoms with Crippen LogP contribution >= 0.6 is 0 Å². The van der Waals surface area contributed by atoms with Crippen LogP contribution in [0, 0.1) is 21.4 Å². The summed E-state index contributed by atoms with van der Waals surface area (Å²) in [4.78, 5) is 15.0. The van der Waals surface area contributed by atoms with E-state index in [0.29, 0.717) is 22.4 Å². The second-order valence-electron chi connectivity index (χ2n) is 5.84. The molecule has 0 aliphatic carbocycles. The first-order valence-electron chi connectivity index (χ1n) is 7.79. The van der Waals surface area contributed by atoms with E-state index in [4.69, 9.17) is 10.5 Å². The number of nitro benzene ring substituents is 1. The van der Waals surface area contributed by atoms with Crippen molar-refractivity contribution in [1.29, 1.82) is 5.26 Å². The quantitative estimate of drug-likeness (QED) is 0.563. The van der Waals surface area contributed by atoms with E-state index in [2.05, 4.69) is 11.1 Å². The molecular weight excluding hydrogens is 332 g/mol. The molecule has 2 aromatic carbocycles. The summed E-state index contributed by atoms with van der Waals surface area (Å²) in [5.41, 5.74) is 8.08. The number of hydrogen-bond donors (Lipinski definition) is 1. The monoisotopic (exact) mass is 344 g/mol. The summed E-state index contributed by atoms with van der Waals surface area (Å²) >= 11 is 0. The Labute approximate surface area is 148 Å². The van der Waals surface area contributed by atoms with Gasteiger partial charge in [0.1, 0.15) is 17.2 Å². The van der Waals surface area contributed by atoms with Crippen molar-refractivity contribution in [3.05, 3.63) is 87.4 Å². The van der Waals surface area contributed by atoms with Crippen molar-refractivity contribution >= 4 is 16.6 Å². The van der Waals surface area contributed by atoms with Crippen molar-refractivity contribution < 1.29 is 9.66 Å². The van der Waals surface area contributed by atoms with E-state index in [-0.39, 0.29) is 17.1 Å². The first-order chi connectivity index (χ1) is 12.6. The van der Waals surface area contributed by atoms with Crippen LogP contribution in [0.25, 0.3) is 10.9 Å². The maximum atomic E-state index is 11.1. The number of nitriles is 1. The number of nitro groups is 1. The van der Waals surface area contributed by atoms with E-state index < -0.39 is 10.8 Å². The van der Waals surface area contributed by atoms with E-state index in [1.807, 2.05) is 24.3 Å². The zero-order chi connectivity index (χ0) is 18.3. The maximum absolute atomic E-state index is 11.1. The van der Waals surface area contributed by atoms with Gasteiger partial charge in [-0.25, -0.2) is 0 Å². The van der Waals surface area contributed by atoms with E-state index in [0.717, 1.165) is 5.39 Å². The number of aromatic nitrogens is 1. The Morgan fingerprint density at radius 2 is 2.08 bits per heavy atom. The van der Waals surface area contributed by atoms with Crippen LogP contribution in [0.3, 0.4) is 0 Å². The first kappa shape index (κ1) is 15.6. The molecule has 26 heavy (non-hydrogen) atoms. The van der Waals surface area contributed by atoms with E-state index in [1.54, 1.807) is 18.3 Å². The molecule has 0 saturated heterocycles. The Balaban J connectivity index is 2.00. The molecule has 0 saturated carbocycles. The maximum Gasteiger partial charge on any atom is 0.269 e. The summed E-state index contributed by atoms with van der Waals surface area (Å²) < 4.78 is 5.72. The number of hydrogen-bond acceptors (Lipinski definition) is 6. The summed E-state index contributed by atoms with van der Waals surface area (Å²) in [7, 11) is 0. The molecule has 126 valence electrons. The predicted molar refractivity (Wildman–Crippen MR) is 94.1 cm³/mol. The highest BCUT2D eigenvalue weighted by molar-refractivity contribution is 5.87. The third-order valence-electron chi connectivity index (χ3n) is 4.37. The van der Waals surface area contributed by atoms with Crippen molar-refractivity contribution in [1.82, 2.24) is 4.98 Å². The van der Waals surface area contributed by atoms with Crippen molar-refractivity contribution in [2.24, 2.45) is 5.73 Å². The molecule has 3 aromatic rings. The number of nitrogens with zero attached hydrogens (tertiary/aromatic N) is 3. The fourth-order valence-corrected chi connectivity index (χ4v) is 3.21. The van der Waals surface area contributed by atoms with Crippen molar-refractivity contribution in [3.8, 4) is 11.8 Å². The third-order valence-corrected chi connectivity index (χ3v) is 4.37. The van der Waals surface area contributed by atoms with Gasteiger partial charge < -0.3 is 10.5 Å². The van der Waals surface area contributed by atoms with Crippen LogP contribution in [-0.2, 0) is 0 Å². The highest BCUT2D eigenvalue weighted by Crippen LogP contribution is 2.45. The number of fused-ring (bicyclic) bond motifs is 3. The lowest BCUT2D eigenvalue weighted by Crippen LogP contribution is -2.21. The standard InChI is InChI=1S/C19H12N4O3/c20-10-15-16(12-3-1-5-13(9-12)23(24)25)14-7-6-11-4-2-8-22-17(11)18(14)26-19(15)21/h1-9,16H,21H2/t16-/m0/s1. The SMILES string of the molecule is N#CC1=C(N)Oc2c(ccc3cccnc23)[C@@H]1c1cccc([N+](=O)[O-])c1. The molecular formula is C19H12N4O3. The first-order valence-corrected chi connectivity index (χ1v) is 7.79. The molecule has 0 fully saturated rings. The molecule has 1 aliphatic heterocycles. The van der Waals surface area contributed by atoms with Gasteiger partial charge in [0.05, 0.1) is 10.8 Å².